The molecule has 1 aliphatic heterocycles. The molecule has 7 nitrogen and oxygen atoms in total. The number of amides is 4. The Labute approximate surface area is 104 Å². The molecule has 1 atom stereocenters. The quantitative estimate of drug-likeness (QED) is 0.610. The Balaban J connectivity index is 3.09. The number of nitrogens with one attached hydrogen (secondary N) is 2. The van der Waals surface area contributed by atoms with Gasteiger partial charge in [0.1, 0.15) is 5.41 Å². The third-order valence-electron chi connectivity index (χ3n) is 3.45. The maximum Gasteiger partial charge on any atom is 0.328 e. The van der Waals surface area contributed by atoms with Crippen molar-refractivity contribution in [2.24, 2.45) is 11.3 Å². The summed E-state index contributed by atoms with van der Waals surface area (Å²) in [5, 5.41) is 12.8. The largest absolute Gasteiger partial charge is 0.481 e. The summed E-state index contributed by atoms with van der Waals surface area (Å²) in [6.45, 7) is 3.49. The number of carboxylic acid groups (broad SMARTS) is 1. The average Bonchev–Trinajstić information content (AvgIpc) is 2.27. The monoisotopic (exact) mass is 256 g/mol. The Hall–Kier alpha value is -1.92. The van der Waals surface area contributed by atoms with Gasteiger partial charge in [0.2, 0.25) is 11.8 Å². The van der Waals surface area contributed by atoms with E-state index >= 15 is 0 Å². The van der Waals surface area contributed by atoms with Gasteiger partial charge in [-0.1, -0.05) is 20.3 Å². The summed E-state index contributed by atoms with van der Waals surface area (Å²) >= 11 is 0. The summed E-state index contributed by atoms with van der Waals surface area (Å²) in [6, 6.07) is -0.862. The minimum absolute atomic E-state index is 0.123. The van der Waals surface area contributed by atoms with E-state index in [1.165, 1.54) is 0 Å². The summed E-state index contributed by atoms with van der Waals surface area (Å²) in [6.07, 6.45) is 0.0936. The highest BCUT2D eigenvalue weighted by Crippen LogP contribution is 2.37. The van der Waals surface area contributed by atoms with Crippen LogP contribution in [0.4, 0.5) is 4.79 Å². The van der Waals surface area contributed by atoms with E-state index in [9.17, 15) is 19.2 Å². The molecule has 1 fully saturated rings. The Morgan fingerprint density at radius 1 is 1.28 bits per heavy atom. The van der Waals surface area contributed by atoms with Gasteiger partial charge in [0, 0.05) is 6.42 Å². The third kappa shape index (κ3) is 2.34. The van der Waals surface area contributed by atoms with Gasteiger partial charge in [-0.3, -0.25) is 25.0 Å². The molecule has 0 bridgehead atoms. The smallest absolute Gasteiger partial charge is 0.328 e. The summed E-state index contributed by atoms with van der Waals surface area (Å²) in [5.74, 6) is -2.88. The van der Waals surface area contributed by atoms with Gasteiger partial charge < -0.3 is 5.11 Å². The van der Waals surface area contributed by atoms with Crippen LogP contribution in [0.25, 0.3) is 0 Å². The Kier molecular flexibility index (Phi) is 4.05. The molecule has 7 heteroatoms. The van der Waals surface area contributed by atoms with Crippen LogP contribution in [0.1, 0.15) is 33.1 Å². The second-order valence-electron chi connectivity index (χ2n) is 4.41. The first-order valence-electron chi connectivity index (χ1n) is 5.73. The lowest BCUT2D eigenvalue weighted by molar-refractivity contribution is -0.150. The number of urea groups is 1. The van der Waals surface area contributed by atoms with E-state index in [0.717, 1.165) is 0 Å². The Bertz CT molecular complexity index is 384. The van der Waals surface area contributed by atoms with E-state index in [2.05, 4.69) is 0 Å². The number of carbonyl (C=O) groups is 4. The van der Waals surface area contributed by atoms with Crippen molar-refractivity contribution in [3.63, 3.8) is 0 Å². The molecule has 0 saturated carbocycles. The molecule has 3 N–H and O–H groups in total. The first kappa shape index (κ1) is 14.1. The van der Waals surface area contributed by atoms with Crippen LogP contribution >= 0.6 is 0 Å². The molecule has 0 aliphatic carbocycles. The fourth-order valence-electron chi connectivity index (χ4n) is 2.14. The second kappa shape index (κ2) is 5.16. The van der Waals surface area contributed by atoms with Crippen molar-refractivity contribution < 1.29 is 24.3 Å². The predicted molar refractivity (Wildman–Crippen MR) is 60.4 cm³/mol. The highest BCUT2D eigenvalue weighted by atomic mass is 16.4. The first-order chi connectivity index (χ1) is 8.34. The van der Waals surface area contributed by atoms with Crippen LogP contribution in [-0.4, -0.2) is 28.9 Å². The van der Waals surface area contributed by atoms with E-state index in [0.29, 0.717) is 6.42 Å². The molecule has 0 aromatic carbocycles. The molecule has 0 aromatic rings. The lowest BCUT2D eigenvalue weighted by Gasteiger charge is -2.37. The van der Waals surface area contributed by atoms with Crippen LogP contribution in [0, 0.1) is 11.3 Å². The molecule has 1 rings (SSSR count). The van der Waals surface area contributed by atoms with Crippen molar-refractivity contribution in [2.75, 3.05) is 0 Å². The number of aliphatic carboxylic acids is 1. The van der Waals surface area contributed by atoms with E-state index in [1.54, 1.807) is 13.8 Å². The van der Waals surface area contributed by atoms with Gasteiger partial charge in [-0.2, -0.15) is 0 Å². The summed E-state index contributed by atoms with van der Waals surface area (Å²) in [7, 11) is 0. The molecule has 1 unspecified atom stereocenters. The van der Waals surface area contributed by atoms with Crippen LogP contribution in [0.2, 0.25) is 0 Å². The highest BCUT2D eigenvalue weighted by molar-refractivity contribution is 6.19. The zero-order valence-corrected chi connectivity index (χ0v) is 10.3. The number of rotatable bonds is 5. The van der Waals surface area contributed by atoms with Crippen molar-refractivity contribution in [1.29, 1.82) is 0 Å². The Morgan fingerprint density at radius 3 is 2.17 bits per heavy atom. The minimum atomic E-state index is -1.49. The average molecular weight is 256 g/mol. The van der Waals surface area contributed by atoms with Crippen molar-refractivity contribution in [2.45, 2.75) is 33.1 Å². The van der Waals surface area contributed by atoms with Crippen LogP contribution < -0.4 is 10.6 Å². The van der Waals surface area contributed by atoms with Gasteiger partial charge in [-0.05, 0) is 12.3 Å². The molecular formula is C11H16N2O5. The lowest BCUT2D eigenvalue weighted by Crippen LogP contribution is -2.64. The van der Waals surface area contributed by atoms with Gasteiger partial charge in [0.05, 0.1) is 0 Å². The minimum Gasteiger partial charge on any atom is -0.481 e. The van der Waals surface area contributed by atoms with Crippen molar-refractivity contribution >= 4 is 23.8 Å². The molecule has 18 heavy (non-hydrogen) atoms. The maximum absolute atomic E-state index is 12.0. The molecule has 1 heterocycles. The van der Waals surface area contributed by atoms with Crippen LogP contribution in [0.15, 0.2) is 0 Å². The Morgan fingerprint density at radius 2 is 1.78 bits per heavy atom. The summed E-state index contributed by atoms with van der Waals surface area (Å²) in [4.78, 5) is 45.6. The standard InChI is InChI=1S/C11H16N2O5/c1-3-6(2)11(5-4-7(14)15)8(16)12-10(18)13-9(11)17/h6H,3-5H2,1-2H3,(H,14,15)(H2,12,13,16,17,18). The van der Waals surface area contributed by atoms with Crippen molar-refractivity contribution in [1.82, 2.24) is 10.6 Å². The molecular weight excluding hydrogens is 240 g/mol. The zero-order chi connectivity index (χ0) is 13.9. The molecule has 0 aromatic heterocycles. The van der Waals surface area contributed by atoms with Crippen LogP contribution in [0.5, 0.6) is 0 Å². The fraction of sp³-hybridized carbons (Fsp3) is 0.636. The molecule has 1 saturated heterocycles. The normalized spacial score (nSPS) is 20.0. The number of imide groups is 2. The highest BCUT2D eigenvalue weighted by Gasteiger charge is 2.53. The molecule has 4 amide bonds. The van der Waals surface area contributed by atoms with Gasteiger partial charge in [-0.25, -0.2) is 4.79 Å². The van der Waals surface area contributed by atoms with E-state index in [4.69, 9.17) is 5.11 Å². The van der Waals surface area contributed by atoms with Gasteiger partial charge in [0.15, 0.2) is 0 Å². The number of hydrogen-bond acceptors (Lipinski definition) is 4. The van der Waals surface area contributed by atoms with Crippen molar-refractivity contribution in [3.8, 4) is 0 Å². The maximum atomic E-state index is 12.0. The molecule has 0 spiro atoms. The lowest BCUT2D eigenvalue weighted by atomic mass is 9.69. The van der Waals surface area contributed by atoms with E-state index in [-0.39, 0.29) is 18.8 Å². The van der Waals surface area contributed by atoms with Crippen LogP contribution in [-0.2, 0) is 14.4 Å². The topological polar surface area (TPSA) is 113 Å². The number of carbonyl (C=O) groups excluding carboxylic acids is 3. The predicted octanol–water partition coefficient (Wildman–Crippen LogP) is 0.250. The van der Waals surface area contributed by atoms with Gasteiger partial charge in [0.25, 0.3) is 0 Å². The second-order valence-corrected chi connectivity index (χ2v) is 4.41. The zero-order valence-electron chi connectivity index (χ0n) is 10.3. The van der Waals surface area contributed by atoms with Gasteiger partial charge >= 0.3 is 12.0 Å². The first-order valence-corrected chi connectivity index (χ1v) is 5.73. The molecule has 100 valence electrons. The van der Waals surface area contributed by atoms with Crippen molar-refractivity contribution in [3.05, 3.63) is 0 Å². The fourth-order valence-corrected chi connectivity index (χ4v) is 2.14. The summed E-state index contributed by atoms with van der Waals surface area (Å²) in [5.41, 5.74) is -1.49. The number of carboxylic acids is 1. The molecule has 1 aliphatic rings. The SMILES string of the molecule is CCC(C)C1(CCC(=O)O)C(=O)NC(=O)NC1=O. The number of hydrogen-bond donors (Lipinski definition) is 3. The van der Waals surface area contributed by atoms with E-state index in [1.807, 2.05) is 10.6 Å². The van der Waals surface area contributed by atoms with E-state index < -0.39 is 29.2 Å². The summed E-state index contributed by atoms with van der Waals surface area (Å²) < 4.78 is 0. The third-order valence-corrected chi connectivity index (χ3v) is 3.45. The van der Waals surface area contributed by atoms with Crippen LogP contribution in [0.3, 0.4) is 0 Å². The van der Waals surface area contributed by atoms with Gasteiger partial charge in [-0.15, -0.1) is 0 Å². The molecule has 0 radical (unpaired) electrons. The number of barbiturate groups is 1.